The fourth-order valence-corrected chi connectivity index (χ4v) is 2.26. The third-order valence-corrected chi connectivity index (χ3v) is 3.40. The van der Waals surface area contributed by atoms with Gasteiger partial charge in [0.1, 0.15) is 5.75 Å². The van der Waals surface area contributed by atoms with Crippen molar-refractivity contribution in [1.82, 2.24) is 5.32 Å². The van der Waals surface area contributed by atoms with E-state index in [1.54, 1.807) is 12.1 Å². The van der Waals surface area contributed by atoms with Crippen molar-refractivity contribution >= 4 is 16.7 Å². The van der Waals surface area contributed by atoms with Crippen LogP contribution in [0.3, 0.4) is 0 Å². The Labute approximate surface area is 125 Å². The molecule has 0 atom stereocenters. The summed E-state index contributed by atoms with van der Waals surface area (Å²) in [5.74, 6) is -0.197. The number of benzene rings is 2. The van der Waals surface area contributed by atoms with E-state index in [1.165, 1.54) is 0 Å². The van der Waals surface area contributed by atoms with E-state index < -0.39 is 0 Å². The number of phenolic OH excluding ortho intramolecular Hbond substituents is 1. The normalized spacial score (nSPS) is 11.6. The van der Waals surface area contributed by atoms with Crippen LogP contribution in [0.25, 0.3) is 10.8 Å². The molecule has 0 spiro atoms. The lowest BCUT2D eigenvalue weighted by molar-refractivity contribution is -0.870. The zero-order valence-corrected chi connectivity index (χ0v) is 12.9. The Hall–Kier alpha value is -2.07. The number of rotatable bonds is 5. The van der Waals surface area contributed by atoms with Crippen molar-refractivity contribution in [3.8, 4) is 5.75 Å². The van der Waals surface area contributed by atoms with Crippen molar-refractivity contribution in [1.29, 1.82) is 0 Å². The number of amides is 1. The minimum absolute atomic E-state index is 0.0257. The lowest BCUT2D eigenvalue weighted by Crippen LogP contribution is -2.37. The maximum Gasteiger partial charge on any atom is 0.255 e. The Balaban J connectivity index is 2.04. The molecule has 2 N–H and O–H groups in total. The molecular weight excluding hydrogens is 264 g/mol. The van der Waals surface area contributed by atoms with Crippen LogP contribution in [0, 0.1) is 0 Å². The van der Waals surface area contributed by atoms with Crippen LogP contribution in [-0.2, 0) is 0 Å². The molecule has 0 aliphatic carbocycles. The monoisotopic (exact) mass is 287 g/mol. The number of carbonyl (C=O) groups excluding carboxylic acids is 1. The Kier molecular flexibility index (Phi) is 4.48. The van der Waals surface area contributed by atoms with E-state index in [0.717, 1.165) is 28.2 Å². The van der Waals surface area contributed by atoms with E-state index in [0.29, 0.717) is 12.1 Å². The highest BCUT2D eigenvalue weighted by Gasteiger charge is 2.12. The molecule has 0 saturated heterocycles. The Morgan fingerprint density at radius 1 is 1.14 bits per heavy atom. The molecule has 21 heavy (non-hydrogen) atoms. The molecule has 0 aliphatic heterocycles. The van der Waals surface area contributed by atoms with Gasteiger partial charge in [-0.3, -0.25) is 4.79 Å². The lowest BCUT2D eigenvalue weighted by Gasteiger charge is -2.23. The van der Waals surface area contributed by atoms with E-state index in [2.05, 4.69) is 26.5 Å². The van der Waals surface area contributed by atoms with Gasteiger partial charge in [-0.25, -0.2) is 0 Å². The quantitative estimate of drug-likeness (QED) is 0.655. The second-order valence-corrected chi connectivity index (χ2v) is 6.34. The molecule has 1 amide bonds. The first-order valence-electron chi connectivity index (χ1n) is 7.17. The number of hydrogen-bond donors (Lipinski definition) is 2. The van der Waals surface area contributed by atoms with Crippen LogP contribution in [0.2, 0.25) is 0 Å². The molecule has 112 valence electrons. The average Bonchev–Trinajstić information content (AvgIpc) is 2.41. The van der Waals surface area contributed by atoms with E-state index in [1.807, 2.05) is 24.3 Å². The highest BCUT2D eigenvalue weighted by Crippen LogP contribution is 2.24. The fourth-order valence-electron chi connectivity index (χ4n) is 2.26. The average molecular weight is 287 g/mol. The van der Waals surface area contributed by atoms with Crippen LogP contribution in [0.5, 0.6) is 5.75 Å². The van der Waals surface area contributed by atoms with Gasteiger partial charge in [-0.05, 0) is 22.9 Å². The molecule has 0 saturated carbocycles. The largest absolute Gasteiger partial charge is 0.507 e. The molecule has 4 heteroatoms. The van der Waals surface area contributed by atoms with Crippen LogP contribution in [-0.4, -0.2) is 49.7 Å². The number of hydrogen-bond acceptors (Lipinski definition) is 2. The maximum absolute atomic E-state index is 12.2. The van der Waals surface area contributed by atoms with Gasteiger partial charge in [0.2, 0.25) is 0 Å². The Morgan fingerprint density at radius 2 is 1.76 bits per heavy atom. The summed E-state index contributed by atoms with van der Waals surface area (Å²) in [6.07, 6.45) is 0.906. The van der Waals surface area contributed by atoms with Crippen molar-refractivity contribution in [2.75, 3.05) is 34.2 Å². The van der Waals surface area contributed by atoms with E-state index >= 15 is 0 Å². The number of aromatic hydroxyl groups is 1. The SMILES string of the molecule is C[N+](C)(C)CCCNC(=O)c1cc2ccccc2cc1O. The summed E-state index contributed by atoms with van der Waals surface area (Å²) in [4.78, 5) is 12.2. The minimum atomic E-state index is -0.223. The van der Waals surface area contributed by atoms with E-state index in [4.69, 9.17) is 0 Å². The number of fused-ring (bicyclic) bond motifs is 1. The van der Waals surface area contributed by atoms with Gasteiger partial charge in [-0.15, -0.1) is 0 Å². The summed E-state index contributed by atoms with van der Waals surface area (Å²) in [6, 6.07) is 11.0. The van der Waals surface area contributed by atoms with Gasteiger partial charge in [-0.2, -0.15) is 0 Å². The zero-order chi connectivity index (χ0) is 15.5. The number of quaternary nitrogens is 1. The number of nitrogens with one attached hydrogen (secondary N) is 1. The van der Waals surface area contributed by atoms with E-state index in [-0.39, 0.29) is 11.7 Å². The van der Waals surface area contributed by atoms with Crippen molar-refractivity contribution in [3.05, 3.63) is 42.0 Å². The highest BCUT2D eigenvalue weighted by molar-refractivity contribution is 6.01. The highest BCUT2D eigenvalue weighted by atomic mass is 16.3. The van der Waals surface area contributed by atoms with Gasteiger partial charge in [0.15, 0.2) is 0 Å². The fraction of sp³-hybridized carbons (Fsp3) is 0.353. The topological polar surface area (TPSA) is 49.3 Å². The predicted molar refractivity (Wildman–Crippen MR) is 85.5 cm³/mol. The number of nitrogens with zero attached hydrogens (tertiary/aromatic N) is 1. The van der Waals surface area contributed by atoms with Crippen LogP contribution in [0.1, 0.15) is 16.8 Å². The Bertz CT molecular complexity index is 645. The zero-order valence-electron chi connectivity index (χ0n) is 12.9. The molecule has 2 aromatic carbocycles. The molecule has 0 unspecified atom stereocenters. The third kappa shape index (κ3) is 4.20. The summed E-state index contributed by atoms with van der Waals surface area (Å²) < 4.78 is 0.872. The first-order chi connectivity index (χ1) is 9.87. The van der Waals surface area contributed by atoms with E-state index in [9.17, 15) is 9.90 Å². The van der Waals surface area contributed by atoms with Crippen LogP contribution < -0.4 is 5.32 Å². The molecule has 2 aromatic rings. The number of phenols is 1. The molecule has 0 aromatic heterocycles. The van der Waals surface area contributed by atoms with Gasteiger partial charge < -0.3 is 14.9 Å². The molecular formula is C17H23N2O2+. The maximum atomic E-state index is 12.2. The Morgan fingerprint density at radius 3 is 2.38 bits per heavy atom. The second kappa shape index (κ2) is 6.14. The first kappa shape index (κ1) is 15.3. The van der Waals surface area contributed by atoms with Gasteiger partial charge >= 0.3 is 0 Å². The van der Waals surface area contributed by atoms with Crippen molar-refractivity contribution < 1.29 is 14.4 Å². The summed E-state index contributed by atoms with van der Waals surface area (Å²) in [7, 11) is 6.37. The lowest BCUT2D eigenvalue weighted by atomic mass is 10.1. The molecule has 0 heterocycles. The summed E-state index contributed by atoms with van der Waals surface area (Å²) in [5, 5.41) is 14.7. The van der Waals surface area contributed by atoms with Gasteiger partial charge in [0, 0.05) is 13.0 Å². The molecule has 0 fully saturated rings. The molecule has 0 aliphatic rings. The molecule has 2 rings (SSSR count). The molecule has 0 radical (unpaired) electrons. The van der Waals surface area contributed by atoms with Crippen molar-refractivity contribution in [2.45, 2.75) is 6.42 Å². The number of carbonyl (C=O) groups is 1. The minimum Gasteiger partial charge on any atom is -0.507 e. The van der Waals surface area contributed by atoms with Gasteiger partial charge in [-0.1, -0.05) is 24.3 Å². The summed E-state index contributed by atoms with van der Waals surface area (Å²) >= 11 is 0. The second-order valence-electron chi connectivity index (χ2n) is 6.34. The summed E-state index contributed by atoms with van der Waals surface area (Å²) in [6.45, 7) is 1.60. The standard InChI is InChI=1S/C17H22N2O2/c1-19(2,3)10-6-9-18-17(21)15-11-13-7-4-5-8-14(13)12-16(15)20/h4-5,7-8,11-12H,6,9-10H2,1-3H3,(H-,18,20,21)/p+1. The van der Waals surface area contributed by atoms with Gasteiger partial charge in [0.05, 0.1) is 33.3 Å². The smallest absolute Gasteiger partial charge is 0.255 e. The van der Waals surface area contributed by atoms with Crippen LogP contribution >= 0.6 is 0 Å². The van der Waals surface area contributed by atoms with Gasteiger partial charge in [0.25, 0.3) is 5.91 Å². The molecule has 4 nitrogen and oxygen atoms in total. The van der Waals surface area contributed by atoms with Crippen LogP contribution in [0.4, 0.5) is 0 Å². The van der Waals surface area contributed by atoms with Crippen LogP contribution in [0.15, 0.2) is 36.4 Å². The third-order valence-electron chi connectivity index (χ3n) is 3.40. The first-order valence-corrected chi connectivity index (χ1v) is 7.17. The molecule has 0 bridgehead atoms. The summed E-state index contributed by atoms with van der Waals surface area (Å²) in [5.41, 5.74) is 0.332. The predicted octanol–water partition coefficient (Wildman–Crippen LogP) is 2.37. The van der Waals surface area contributed by atoms with Crippen molar-refractivity contribution in [3.63, 3.8) is 0 Å². The van der Waals surface area contributed by atoms with Crippen molar-refractivity contribution in [2.24, 2.45) is 0 Å².